The first-order chi connectivity index (χ1) is 8.91. The van der Waals surface area contributed by atoms with Crippen LogP contribution >= 0.6 is 10.7 Å². The van der Waals surface area contributed by atoms with Crippen LogP contribution in [-0.4, -0.2) is 23.2 Å². The average molecular weight is 306 g/mol. The molecule has 1 saturated carbocycles. The van der Waals surface area contributed by atoms with Gasteiger partial charge in [0, 0.05) is 22.6 Å². The maximum Gasteiger partial charge on any atom is 0.296 e. The van der Waals surface area contributed by atoms with E-state index < -0.39 is 9.05 Å². The Kier molecular flexibility index (Phi) is 4.50. The average Bonchev–Trinajstić information content (AvgIpc) is 2.59. The van der Waals surface area contributed by atoms with E-state index in [2.05, 4.69) is 10.2 Å². The van der Waals surface area contributed by atoms with E-state index in [4.69, 9.17) is 10.7 Å². The Hall–Kier alpha value is -0.620. The fraction of sp³-hybridized carbons (Fsp3) is 0.833. The third kappa shape index (κ3) is 3.28. The normalized spacial score (nSPS) is 18.7. The summed E-state index contributed by atoms with van der Waals surface area (Å²) in [6, 6.07) is -0.0169. The summed E-state index contributed by atoms with van der Waals surface area (Å²) in [5.41, 5.74) is 0. The van der Waals surface area contributed by atoms with Gasteiger partial charge in [-0.2, -0.15) is 0 Å². The molecule has 2 rings (SSSR count). The van der Waals surface area contributed by atoms with E-state index in [1.165, 1.54) is 25.7 Å². The lowest BCUT2D eigenvalue weighted by atomic mass is 9.99. The Morgan fingerprint density at radius 1 is 1.16 bits per heavy atom. The van der Waals surface area contributed by atoms with Crippen LogP contribution in [0.5, 0.6) is 0 Å². The summed E-state index contributed by atoms with van der Waals surface area (Å²) in [6.45, 7) is 3.85. The summed E-state index contributed by atoms with van der Waals surface area (Å²) in [7, 11) is 1.60. The Bertz CT molecular complexity index is 531. The van der Waals surface area contributed by atoms with Crippen molar-refractivity contribution in [3.8, 4) is 0 Å². The van der Waals surface area contributed by atoms with Gasteiger partial charge in [-0.3, -0.25) is 4.57 Å². The number of nitrogens with zero attached hydrogens (tertiary/aromatic N) is 3. The quantitative estimate of drug-likeness (QED) is 0.635. The van der Waals surface area contributed by atoms with Crippen LogP contribution in [0.15, 0.2) is 5.16 Å². The summed E-state index contributed by atoms with van der Waals surface area (Å²) in [6.07, 6.45) is 6.91. The van der Waals surface area contributed by atoms with Crippen molar-refractivity contribution in [2.75, 3.05) is 0 Å². The molecule has 0 unspecified atom stereocenters. The summed E-state index contributed by atoms with van der Waals surface area (Å²) >= 11 is 0. The molecule has 1 aromatic rings. The summed E-state index contributed by atoms with van der Waals surface area (Å²) in [5, 5.41) is 7.80. The van der Waals surface area contributed by atoms with E-state index in [0.29, 0.717) is 5.92 Å². The molecule has 0 radical (unpaired) electrons. The van der Waals surface area contributed by atoms with Crippen LogP contribution in [0, 0.1) is 0 Å². The van der Waals surface area contributed by atoms with Crippen LogP contribution in [0.3, 0.4) is 0 Å². The maximum absolute atomic E-state index is 11.6. The van der Waals surface area contributed by atoms with E-state index in [1.54, 1.807) is 4.57 Å². The first-order valence-electron chi connectivity index (χ1n) is 6.80. The van der Waals surface area contributed by atoms with Gasteiger partial charge in [0.1, 0.15) is 5.82 Å². The standard InChI is InChI=1S/C12H20ClN3O2S/c1-9(2)16-11(10-7-5-3-4-6-8-10)14-15-12(16)19(13,17)18/h9-10H,3-8H2,1-2H3. The third-order valence-corrected chi connectivity index (χ3v) is 4.77. The molecular formula is C12H20ClN3O2S. The highest BCUT2D eigenvalue weighted by Crippen LogP contribution is 2.33. The molecule has 0 saturated heterocycles. The first kappa shape index (κ1) is 14.8. The smallest absolute Gasteiger partial charge is 0.296 e. The molecule has 0 aliphatic heterocycles. The van der Waals surface area contributed by atoms with Gasteiger partial charge in [-0.1, -0.05) is 25.7 Å². The molecule has 19 heavy (non-hydrogen) atoms. The van der Waals surface area contributed by atoms with Crippen LogP contribution in [0.2, 0.25) is 0 Å². The topological polar surface area (TPSA) is 64.8 Å². The van der Waals surface area contributed by atoms with Crippen molar-refractivity contribution >= 4 is 19.7 Å². The fourth-order valence-electron chi connectivity index (χ4n) is 2.76. The van der Waals surface area contributed by atoms with E-state index in [-0.39, 0.29) is 11.2 Å². The number of aromatic nitrogens is 3. The molecule has 0 amide bonds. The molecule has 1 fully saturated rings. The monoisotopic (exact) mass is 305 g/mol. The molecule has 5 nitrogen and oxygen atoms in total. The molecule has 108 valence electrons. The summed E-state index contributed by atoms with van der Waals surface area (Å²) in [5.74, 6) is 1.07. The predicted octanol–water partition coefficient (Wildman–Crippen LogP) is 3.22. The molecule has 0 atom stereocenters. The molecule has 0 bridgehead atoms. The van der Waals surface area contributed by atoms with Gasteiger partial charge in [0.25, 0.3) is 14.2 Å². The number of hydrogen-bond donors (Lipinski definition) is 0. The van der Waals surface area contributed by atoms with E-state index in [0.717, 1.165) is 18.7 Å². The molecule has 0 aromatic carbocycles. The SMILES string of the molecule is CC(C)n1c(C2CCCCCC2)nnc1S(=O)(=O)Cl. The molecule has 7 heteroatoms. The second kappa shape index (κ2) is 5.79. The van der Waals surface area contributed by atoms with Gasteiger partial charge in [-0.15, -0.1) is 10.2 Å². The van der Waals surface area contributed by atoms with Crippen molar-refractivity contribution in [3.63, 3.8) is 0 Å². The molecule has 1 aliphatic rings. The van der Waals surface area contributed by atoms with Crippen molar-refractivity contribution in [1.82, 2.24) is 14.8 Å². The van der Waals surface area contributed by atoms with Gasteiger partial charge in [-0.25, -0.2) is 8.42 Å². The third-order valence-electron chi connectivity index (χ3n) is 3.65. The van der Waals surface area contributed by atoms with Crippen LogP contribution < -0.4 is 0 Å². The predicted molar refractivity (Wildman–Crippen MR) is 73.9 cm³/mol. The highest BCUT2D eigenvalue weighted by atomic mass is 35.7. The van der Waals surface area contributed by atoms with E-state index >= 15 is 0 Å². The lowest BCUT2D eigenvalue weighted by Crippen LogP contribution is -2.14. The molecule has 0 N–H and O–H groups in total. The van der Waals surface area contributed by atoms with Crippen LogP contribution in [0.4, 0.5) is 0 Å². The van der Waals surface area contributed by atoms with Gasteiger partial charge >= 0.3 is 0 Å². The van der Waals surface area contributed by atoms with E-state index in [9.17, 15) is 8.42 Å². The molecule has 1 heterocycles. The second-order valence-electron chi connectivity index (χ2n) is 5.43. The van der Waals surface area contributed by atoms with Crippen molar-refractivity contribution in [3.05, 3.63) is 5.82 Å². The highest BCUT2D eigenvalue weighted by molar-refractivity contribution is 8.13. The number of hydrogen-bond acceptors (Lipinski definition) is 4. The van der Waals surface area contributed by atoms with Crippen LogP contribution in [0.25, 0.3) is 0 Å². The van der Waals surface area contributed by atoms with Crippen LogP contribution in [-0.2, 0) is 9.05 Å². The molecule has 0 spiro atoms. The van der Waals surface area contributed by atoms with Crippen molar-refractivity contribution < 1.29 is 8.42 Å². The van der Waals surface area contributed by atoms with Crippen molar-refractivity contribution in [2.24, 2.45) is 0 Å². The zero-order valence-corrected chi connectivity index (χ0v) is 12.9. The van der Waals surface area contributed by atoms with E-state index in [1.807, 2.05) is 13.8 Å². The van der Waals surface area contributed by atoms with Gasteiger partial charge in [0.15, 0.2) is 0 Å². The van der Waals surface area contributed by atoms with Gasteiger partial charge in [0.2, 0.25) is 0 Å². The zero-order valence-electron chi connectivity index (χ0n) is 11.3. The number of halogens is 1. The lowest BCUT2D eigenvalue weighted by molar-refractivity contribution is 0.463. The lowest BCUT2D eigenvalue weighted by Gasteiger charge is -2.18. The highest BCUT2D eigenvalue weighted by Gasteiger charge is 2.28. The summed E-state index contributed by atoms with van der Waals surface area (Å²) in [4.78, 5) is 0. The van der Waals surface area contributed by atoms with Gasteiger partial charge < -0.3 is 0 Å². The van der Waals surface area contributed by atoms with Crippen molar-refractivity contribution in [2.45, 2.75) is 69.5 Å². The zero-order chi connectivity index (χ0) is 14.0. The Morgan fingerprint density at radius 2 is 1.74 bits per heavy atom. The minimum Gasteiger partial charge on any atom is -0.298 e. The van der Waals surface area contributed by atoms with Gasteiger partial charge in [0.05, 0.1) is 0 Å². The molecule has 1 aromatic heterocycles. The molecular weight excluding hydrogens is 286 g/mol. The van der Waals surface area contributed by atoms with Crippen LogP contribution in [0.1, 0.15) is 70.2 Å². The maximum atomic E-state index is 11.6. The van der Waals surface area contributed by atoms with Crippen molar-refractivity contribution in [1.29, 1.82) is 0 Å². The van der Waals surface area contributed by atoms with Gasteiger partial charge in [-0.05, 0) is 26.7 Å². The fourth-order valence-corrected chi connectivity index (χ4v) is 3.75. The minimum atomic E-state index is -3.84. The Balaban J connectivity index is 2.43. The Morgan fingerprint density at radius 3 is 2.21 bits per heavy atom. The Labute approximate surface area is 118 Å². The first-order valence-corrected chi connectivity index (χ1v) is 9.11. The molecule has 1 aliphatic carbocycles. The number of rotatable bonds is 3. The largest absolute Gasteiger partial charge is 0.298 e. The minimum absolute atomic E-state index is 0.0169. The summed E-state index contributed by atoms with van der Waals surface area (Å²) < 4.78 is 24.8. The second-order valence-corrected chi connectivity index (χ2v) is 7.89.